The highest BCUT2D eigenvalue weighted by molar-refractivity contribution is 6.32. The minimum atomic E-state index is 0.576. The molecule has 2 nitrogen and oxygen atoms in total. The molecule has 1 heterocycles. The van der Waals surface area contributed by atoms with E-state index in [1.807, 2.05) is 24.3 Å². The summed E-state index contributed by atoms with van der Waals surface area (Å²) in [5.74, 6) is 0. The van der Waals surface area contributed by atoms with Crippen LogP contribution in [0.1, 0.15) is 23.6 Å². The van der Waals surface area contributed by atoms with Gasteiger partial charge in [0.1, 0.15) is 6.07 Å². The zero-order valence-corrected chi connectivity index (χ0v) is 12.8. The van der Waals surface area contributed by atoms with E-state index in [2.05, 4.69) is 30.0 Å². The molecule has 3 rings (SSSR count). The summed E-state index contributed by atoms with van der Waals surface area (Å²) in [4.78, 5) is 2.37. The third kappa shape index (κ3) is 2.55. The summed E-state index contributed by atoms with van der Waals surface area (Å²) in [5, 5.41) is 10.00. The summed E-state index contributed by atoms with van der Waals surface area (Å²) in [6, 6.07) is 14.4. The van der Waals surface area contributed by atoms with E-state index >= 15 is 0 Å². The number of halogens is 1. The van der Waals surface area contributed by atoms with Crippen LogP contribution < -0.4 is 0 Å². The first-order chi connectivity index (χ1) is 10.2. The lowest BCUT2D eigenvalue weighted by Crippen LogP contribution is -2.31. The highest BCUT2D eigenvalue weighted by atomic mass is 35.5. The van der Waals surface area contributed by atoms with Gasteiger partial charge in [0, 0.05) is 13.1 Å². The number of nitrogens with zero attached hydrogens (tertiary/aromatic N) is 2. The lowest BCUT2D eigenvalue weighted by Gasteiger charge is -2.30. The molecule has 0 saturated heterocycles. The van der Waals surface area contributed by atoms with Gasteiger partial charge >= 0.3 is 0 Å². The van der Waals surface area contributed by atoms with E-state index in [-0.39, 0.29) is 0 Å². The molecule has 0 fully saturated rings. The summed E-state index contributed by atoms with van der Waals surface area (Å²) in [5.41, 5.74) is 5.32. The summed E-state index contributed by atoms with van der Waals surface area (Å²) in [6.45, 7) is 5.05. The first kappa shape index (κ1) is 14.1. The largest absolute Gasteiger partial charge is 0.299 e. The van der Waals surface area contributed by atoms with E-state index in [0.29, 0.717) is 10.6 Å². The van der Waals surface area contributed by atoms with Crippen molar-refractivity contribution in [3.8, 4) is 17.2 Å². The molecule has 0 bridgehead atoms. The van der Waals surface area contributed by atoms with Gasteiger partial charge in [-0.25, -0.2) is 0 Å². The second-order valence-electron chi connectivity index (χ2n) is 5.34. The second kappa shape index (κ2) is 5.89. The molecule has 21 heavy (non-hydrogen) atoms. The Bertz CT molecular complexity index is 701. The number of hydrogen-bond donors (Lipinski definition) is 0. The smallest absolute Gasteiger partial charge is 0.101 e. The molecule has 0 aliphatic carbocycles. The maximum Gasteiger partial charge on any atom is 0.101 e. The Morgan fingerprint density at radius 3 is 2.67 bits per heavy atom. The van der Waals surface area contributed by atoms with Gasteiger partial charge in [-0.15, -0.1) is 0 Å². The van der Waals surface area contributed by atoms with Crippen molar-refractivity contribution >= 4 is 11.6 Å². The number of likely N-dealkylation sites (N-methyl/N-ethyl adjacent to an activating group) is 1. The Balaban J connectivity index is 2.21. The van der Waals surface area contributed by atoms with Crippen LogP contribution >= 0.6 is 11.6 Å². The highest BCUT2D eigenvalue weighted by Gasteiger charge is 2.23. The standard InChI is InChI=1S/C18H17ClN2/c1-2-21-9-8-15-16(13-6-4-3-5-7-13)10-14(11-20)18(19)17(15)12-21/h3-7,10H,2,8-9,12H2,1H3. The number of rotatable bonds is 2. The maximum absolute atomic E-state index is 9.37. The SMILES string of the molecule is CCN1CCc2c(-c3ccccc3)cc(C#N)c(Cl)c2C1. The predicted octanol–water partition coefficient (Wildman–Crippen LogP) is 4.26. The second-order valence-corrected chi connectivity index (χ2v) is 5.72. The molecule has 106 valence electrons. The lowest BCUT2D eigenvalue weighted by molar-refractivity contribution is 0.268. The van der Waals surface area contributed by atoms with Gasteiger partial charge in [-0.3, -0.25) is 4.90 Å². The van der Waals surface area contributed by atoms with Crippen molar-refractivity contribution < 1.29 is 0 Å². The van der Waals surface area contributed by atoms with Crippen molar-refractivity contribution in [2.24, 2.45) is 0 Å². The van der Waals surface area contributed by atoms with Crippen LogP contribution in [0.5, 0.6) is 0 Å². The van der Waals surface area contributed by atoms with Crippen molar-refractivity contribution in [3.63, 3.8) is 0 Å². The van der Waals surface area contributed by atoms with Crippen molar-refractivity contribution in [2.75, 3.05) is 13.1 Å². The molecule has 0 N–H and O–H groups in total. The molecule has 0 amide bonds. The van der Waals surface area contributed by atoms with Crippen LogP contribution in [-0.2, 0) is 13.0 Å². The van der Waals surface area contributed by atoms with Crippen LogP contribution in [0.15, 0.2) is 36.4 Å². The van der Waals surface area contributed by atoms with E-state index in [0.717, 1.165) is 42.7 Å². The fourth-order valence-electron chi connectivity index (χ4n) is 3.00. The topological polar surface area (TPSA) is 27.0 Å². The Hall–Kier alpha value is -1.82. The lowest BCUT2D eigenvalue weighted by atomic mass is 9.88. The number of benzene rings is 2. The van der Waals surface area contributed by atoms with Gasteiger partial charge in [0.2, 0.25) is 0 Å². The molecule has 1 aliphatic rings. The Labute approximate surface area is 130 Å². The molecule has 0 radical (unpaired) electrons. The summed E-state index contributed by atoms with van der Waals surface area (Å²) >= 11 is 6.46. The Kier molecular flexibility index (Phi) is 3.96. The van der Waals surface area contributed by atoms with E-state index in [1.54, 1.807) is 0 Å². The van der Waals surface area contributed by atoms with Crippen LogP contribution in [0, 0.1) is 11.3 Å². The Morgan fingerprint density at radius 2 is 2.00 bits per heavy atom. The zero-order valence-electron chi connectivity index (χ0n) is 12.1. The third-order valence-corrected chi connectivity index (χ3v) is 4.62. The predicted molar refractivity (Wildman–Crippen MR) is 86.3 cm³/mol. The van der Waals surface area contributed by atoms with Crippen LogP contribution in [-0.4, -0.2) is 18.0 Å². The van der Waals surface area contributed by atoms with Gasteiger partial charge < -0.3 is 0 Å². The molecule has 2 aromatic rings. The average Bonchev–Trinajstić information content (AvgIpc) is 2.56. The zero-order chi connectivity index (χ0) is 14.8. The average molecular weight is 297 g/mol. The van der Waals surface area contributed by atoms with E-state index in [1.165, 1.54) is 5.56 Å². The molecule has 0 saturated carbocycles. The number of fused-ring (bicyclic) bond motifs is 1. The van der Waals surface area contributed by atoms with Crippen molar-refractivity contribution in [2.45, 2.75) is 19.9 Å². The summed E-state index contributed by atoms with van der Waals surface area (Å²) < 4.78 is 0. The van der Waals surface area contributed by atoms with Gasteiger partial charge in [0.15, 0.2) is 0 Å². The molecule has 0 aromatic heterocycles. The van der Waals surface area contributed by atoms with Gasteiger partial charge in [0.05, 0.1) is 10.6 Å². The quantitative estimate of drug-likeness (QED) is 0.828. The minimum absolute atomic E-state index is 0.576. The minimum Gasteiger partial charge on any atom is -0.299 e. The van der Waals surface area contributed by atoms with Crippen LogP contribution in [0.4, 0.5) is 0 Å². The molecule has 0 unspecified atom stereocenters. The van der Waals surface area contributed by atoms with Crippen LogP contribution in [0.25, 0.3) is 11.1 Å². The van der Waals surface area contributed by atoms with Gasteiger partial charge in [-0.2, -0.15) is 5.26 Å². The van der Waals surface area contributed by atoms with Gasteiger partial charge in [-0.1, -0.05) is 48.9 Å². The molecule has 2 aromatic carbocycles. The molecule has 0 atom stereocenters. The Morgan fingerprint density at radius 1 is 1.24 bits per heavy atom. The van der Waals surface area contributed by atoms with Gasteiger partial charge in [0.25, 0.3) is 0 Å². The van der Waals surface area contributed by atoms with Crippen molar-refractivity contribution in [3.05, 3.63) is 58.1 Å². The molecule has 3 heteroatoms. The molecule has 1 aliphatic heterocycles. The maximum atomic E-state index is 9.37. The van der Waals surface area contributed by atoms with Crippen molar-refractivity contribution in [1.29, 1.82) is 5.26 Å². The first-order valence-electron chi connectivity index (χ1n) is 7.26. The van der Waals surface area contributed by atoms with Crippen LogP contribution in [0.3, 0.4) is 0 Å². The highest BCUT2D eigenvalue weighted by Crippen LogP contribution is 2.36. The fourth-order valence-corrected chi connectivity index (χ4v) is 3.27. The monoisotopic (exact) mass is 296 g/mol. The van der Waals surface area contributed by atoms with Gasteiger partial charge in [-0.05, 0) is 41.3 Å². The third-order valence-electron chi connectivity index (χ3n) is 4.19. The normalized spacial score (nSPS) is 14.5. The van der Waals surface area contributed by atoms with E-state index in [4.69, 9.17) is 11.6 Å². The van der Waals surface area contributed by atoms with E-state index < -0.39 is 0 Å². The first-order valence-corrected chi connectivity index (χ1v) is 7.64. The van der Waals surface area contributed by atoms with E-state index in [9.17, 15) is 5.26 Å². The van der Waals surface area contributed by atoms with Crippen molar-refractivity contribution in [1.82, 2.24) is 4.90 Å². The molecule has 0 spiro atoms. The molecular formula is C18H17ClN2. The molecular weight excluding hydrogens is 280 g/mol. The number of nitriles is 1. The summed E-state index contributed by atoms with van der Waals surface area (Å²) in [6.07, 6.45) is 0.985. The number of hydrogen-bond acceptors (Lipinski definition) is 2. The van der Waals surface area contributed by atoms with Crippen LogP contribution in [0.2, 0.25) is 5.02 Å². The summed E-state index contributed by atoms with van der Waals surface area (Å²) in [7, 11) is 0. The fraction of sp³-hybridized carbons (Fsp3) is 0.278.